The minimum atomic E-state index is -0.226. The maximum absolute atomic E-state index is 12.5. The Bertz CT molecular complexity index is 804. The van der Waals surface area contributed by atoms with E-state index < -0.39 is 0 Å². The second-order valence-electron chi connectivity index (χ2n) is 6.99. The fourth-order valence-electron chi connectivity index (χ4n) is 2.40. The van der Waals surface area contributed by atoms with Crippen LogP contribution in [0.25, 0.3) is 0 Å². The highest BCUT2D eigenvalue weighted by Gasteiger charge is 2.11. The van der Waals surface area contributed by atoms with Crippen LogP contribution in [0.5, 0.6) is 5.75 Å². The largest absolute Gasteiger partial charge is 0.492 e. The van der Waals surface area contributed by atoms with Crippen molar-refractivity contribution in [1.82, 2.24) is 5.32 Å². The van der Waals surface area contributed by atoms with Crippen LogP contribution < -0.4 is 15.4 Å². The predicted octanol–water partition coefficient (Wildman–Crippen LogP) is 5.27. The smallest absolute Gasteiger partial charge is 0.255 e. The molecule has 2 rings (SSSR count). The molecule has 0 aliphatic rings. The summed E-state index contributed by atoms with van der Waals surface area (Å²) in [7, 11) is 0. The number of anilines is 1. The number of nitrogens with one attached hydrogen (secondary N) is 2. The first kappa shape index (κ1) is 22.0. The van der Waals surface area contributed by atoms with Gasteiger partial charge in [-0.2, -0.15) is 0 Å². The van der Waals surface area contributed by atoms with Gasteiger partial charge in [0.2, 0.25) is 0 Å². The van der Waals surface area contributed by atoms with E-state index in [0.717, 1.165) is 17.3 Å². The molecule has 0 aliphatic heterocycles. The second kappa shape index (κ2) is 10.9. The molecule has 0 aromatic heterocycles. The van der Waals surface area contributed by atoms with Crippen molar-refractivity contribution in [2.75, 3.05) is 18.5 Å². The van der Waals surface area contributed by atoms with Crippen LogP contribution >= 0.6 is 15.9 Å². The SMILES string of the molecule is CCCCNC(=O)c1ccc(NC(=O)c2ccc(OCC(C)C)c(Br)c2)cc1. The van der Waals surface area contributed by atoms with Crippen LogP contribution in [0, 0.1) is 5.92 Å². The molecule has 28 heavy (non-hydrogen) atoms. The summed E-state index contributed by atoms with van der Waals surface area (Å²) in [6.07, 6.45) is 1.99. The van der Waals surface area contributed by atoms with Gasteiger partial charge in [0.1, 0.15) is 5.75 Å². The Labute approximate surface area is 175 Å². The summed E-state index contributed by atoms with van der Waals surface area (Å²) in [5.41, 5.74) is 1.72. The lowest BCUT2D eigenvalue weighted by Gasteiger charge is -2.12. The summed E-state index contributed by atoms with van der Waals surface area (Å²) in [6, 6.07) is 12.1. The topological polar surface area (TPSA) is 67.4 Å². The van der Waals surface area contributed by atoms with Gasteiger partial charge >= 0.3 is 0 Å². The van der Waals surface area contributed by atoms with Gasteiger partial charge in [0.15, 0.2) is 0 Å². The number of ether oxygens (including phenoxy) is 1. The maximum Gasteiger partial charge on any atom is 0.255 e. The number of rotatable bonds is 9. The van der Waals surface area contributed by atoms with Crippen LogP contribution in [-0.2, 0) is 0 Å². The molecule has 0 atom stereocenters. The highest BCUT2D eigenvalue weighted by atomic mass is 79.9. The molecule has 2 N–H and O–H groups in total. The van der Waals surface area contributed by atoms with Crippen molar-refractivity contribution in [3.63, 3.8) is 0 Å². The fraction of sp³-hybridized carbons (Fsp3) is 0.364. The van der Waals surface area contributed by atoms with Crippen molar-refractivity contribution in [3.05, 3.63) is 58.1 Å². The monoisotopic (exact) mass is 446 g/mol. The van der Waals surface area contributed by atoms with Crippen molar-refractivity contribution < 1.29 is 14.3 Å². The molecule has 2 aromatic rings. The number of unbranched alkanes of at least 4 members (excludes halogenated alkanes) is 1. The van der Waals surface area contributed by atoms with E-state index in [0.29, 0.717) is 41.6 Å². The lowest BCUT2D eigenvalue weighted by atomic mass is 10.1. The van der Waals surface area contributed by atoms with Crippen molar-refractivity contribution in [1.29, 1.82) is 0 Å². The van der Waals surface area contributed by atoms with E-state index >= 15 is 0 Å². The average molecular weight is 447 g/mol. The Balaban J connectivity index is 1.97. The van der Waals surface area contributed by atoms with Crippen LogP contribution in [0.4, 0.5) is 5.69 Å². The van der Waals surface area contributed by atoms with Crippen molar-refractivity contribution >= 4 is 33.4 Å². The molecule has 0 fully saturated rings. The minimum absolute atomic E-state index is 0.104. The van der Waals surface area contributed by atoms with Gasteiger partial charge in [-0.05, 0) is 70.7 Å². The molecule has 0 bridgehead atoms. The zero-order valence-electron chi connectivity index (χ0n) is 16.5. The van der Waals surface area contributed by atoms with E-state index in [1.165, 1.54) is 0 Å². The van der Waals surface area contributed by atoms with Gasteiger partial charge in [0, 0.05) is 23.4 Å². The van der Waals surface area contributed by atoms with Gasteiger partial charge in [-0.15, -0.1) is 0 Å². The number of carbonyl (C=O) groups excluding carboxylic acids is 2. The molecule has 2 aromatic carbocycles. The van der Waals surface area contributed by atoms with Gasteiger partial charge in [0.05, 0.1) is 11.1 Å². The summed E-state index contributed by atoms with van der Waals surface area (Å²) in [5, 5.41) is 5.71. The molecular formula is C22H27BrN2O3. The third-order valence-corrected chi connectivity index (χ3v) is 4.61. The van der Waals surface area contributed by atoms with Gasteiger partial charge < -0.3 is 15.4 Å². The van der Waals surface area contributed by atoms with Gasteiger partial charge in [-0.1, -0.05) is 27.2 Å². The lowest BCUT2D eigenvalue weighted by Crippen LogP contribution is -2.24. The molecule has 6 heteroatoms. The van der Waals surface area contributed by atoms with Crippen LogP contribution in [0.1, 0.15) is 54.3 Å². The Kier molecular flexibility index (Phi) is 8.51. The molecule has 5 nitrogen and oxygen atoms in total. The molecule has 0 saturated carbocycles. The zero-order chi connectivity index (χ0) is 20.5. The maximum atomic E-state index is 12.5. The second-order valence-corrected chi connectivity index (χ2v) is 7.85. The van der Waals surface area contributed by atoms with Crippen molar-refractivity contribution in [2.45, 2.75) is 33.6 Å². The lowest BCUT2D eigenvalue weighted by molar-refractivity contribution is 0.0952. The first-order valence-electron chi connectivity index (χ1n) is 9.52. The third kappa shape index (κ3) is 6.68. The molecule has 0 saturated heterocycles. The molecule has 0 spiro atoms. The first-order valence-corrected chi connectivity index (χ1v) is 10.3. The predicted molar refractivity (Wildman–Crippen MR) is 116 cm³/mol. The Morgan fingerprint density at radius 3 is 2.32 bits per heavy atom. The number of amides is 2. The number of carbonyl (C=O) groups is 2. The van der Waals surface area contributed by atoms with Crippen LogP contribution in [0.3, 0.4) is 0 Å². The molecule has 150 valence electrons. The molecule has 0 aliphatic carbocycles. The van der Waals surface area contributed by atoms with E-state index in [1.807, 2.05) is 0 Å². The Morgan fingerprint density at radius 1 is 1.04 bits per heavy atom. The summed E-state index contributed by atoms with van der Waals surface area (Å²) in [4.78, 5) is 24.5. The molecule has 0 heterocycles. The Morgan fingerprint density at radius 2 is 1.71 bits per heavy atom. The summed E-state index contributed by atoms with van der Waals surface area (Å²) in [6.45, 7) is 7.52. The molecule has 2 amide bonds. The number of hydrogen-bond donors (Lipinski definition) is 2. The van der Waals surface area contributed by atoms with Crippen molar-refractivity contribution in [3.8, 4) is 5.75 Å². The molecule has 0 radical (unpaired) electrons. The number of halogens is 1. The van der Waals surface area contributed by atoms with Gasteiger partial charge in [-0.3, -0.25) is 9.59 Å². The normalized spacial score (nSPS) is 10.6. The fourth-order valence-corrected chi connectivity index (χ4v) is 2.90. The van der Waals surface area contributed by atoms with Gasteiger partial charge in [-0.25, -0.2) is 0 Å². The van der Waals surface area contributed by atoms with Crippen LogP contribution in [0.15, 0.2) is 46.9 Å². The van der Waals surface area contributed by atoms with E-state index in [1.54, 1.807) is 42.5 Å². The van der Waals surface area contributed by atoms with E-state index in [-0.39, 0.29) is 11.8 Å². The quantitative estimate of drug-likeness (QED) is 0.515. The highest BCUT2D eigenvalue weighted by molar-refractivity contribution is 9.10. The van der Waals surface area contributed by atoms with Crippen LogP contribution in [0.2, 0.25) is 0 Å². The summed E-state index contributed by atoms with van der Waals surface area (Å²) in [5.74, 6) is 0.804. The van der Waals surface area contributed by atoms with Gasteiger partial charge in [0.25, 0.3) is 11.8 Å². The molecular weight excluding hydrogens is 420 g/mol. The zero-order valence-corrected chi connectivity index (χ0v) is 18.1. The number of benzene rings is 2. The average Bonchev–Trinajstić information content (AvgIpc) is 2.67. The Hall–Kier alpha value is -2.34. The van der Waals surface area contributed by atoms with E-state index in [9.17, 15) is 9.59 Å². The van der Waals surface area contributed by atoms with E-state index in [2.05, 4.69) is 47.3 Å². The minimum Gasteiger partial charge on any atom is -0.492 e. The van der Waals surface area contributed by atoms with Crippen LogP contribution in [-0.4, -0.2) is 25.0 Å². The van der Waals surface area contributed by atoms with E-state index in [4.69, 9.17) is 4.74 Å². The highest BCUT2D eigenvalue weighted by Crippen LogP contribution is 2.27. The standard InChI is InChI=1S/C22H27BrN2O3/c1-4-5-12-24-21(26)16-6-9-18(10-7-16)25-22(27)17-8-11-20(19(23)13-17)28-14-15(2)3/h6-11,13,15H,4-5,12,14H2,1-3H3,(H,24,26)(H,25,27). The first-order chi connectivity index (χ1) is 13.4. The third-order valence-electron chi connectivity index (χ3n) is 3.99. The summed E-state index contributed by atoms with van der Waals surface area (Å²) < 4.78 is 6.44. The van der Waals surface area contributed by atoms with Crippen molar-refractivity contribution in [2.24, 2.45) is 5.92 Å². The molecule has 0 unspecified atom stereocenters. The number of hydrogen-bond acceptors (Lipinski definition) is 3. The summed E-state index contributed by atoms with van der Waals surface area (Å²) >= 11 is 3.45.